The van der Waals surface area contributed by atoms with Crippen molar-refractivity contribution in [2.75, 3.05) is 0 Å². The highest BCUT2D eigenvalue weighted by atomic mass is 79.9. The standard InChI is InChI=1S/C15H9BrClFN4S/c16-11-5-2-1-4-9(11)14-20-21-15(23)22(14)19-8-10-12(17)6-3-7-13(10)18/h1-8H,(H,21,23). The lowest BCUT2D eigenvalue weighted by atomic mass is 10.2. The molecule has 0 saturated carbocycles. The van der Waals surface area contributed by atoms with Crippen molar-refractivity contribution >= 4 is 46.0 Å². The van der Waals surface area contributed by atoms with Crippen LogP contribution in [-0.2, 0) is 0 Å². The minimum atomic E-state index is -0.460. The number of rotatable bonds is 3. The zero-order valence-corrected chi connectivity index (χ0v) is 14.7. The smallest absolute Gasteiger partial charge is 0.216 e. The first-order valence-electron chi connectivity index (χ1n) is 6.48. The molecule has 4 nitrogen and oxygen atoms in total. The summed E-state index contributed by atoms with van der Waals surface area (Å²) < 4.78 is 16.4. The Bertz CT molecular complexity index is 930. The van der Waals surface area contributed by atoms with E-state index in [1.165, 1.54) is 23.0 Å². The lowest BCUT2D eigenvalue weighted by Gasteiger charge is -2.04. The van der Waals surface area contributed by atoms with Gasteiger partial charge in [-0.25, -0.2) is 9.49 Å². The van der Waals surface area contributed by atoms with Crippen molar-refractivity contribution in [1.82, 2.24) is 14.9 Å². The quantitative estimate of drug-likeness (QED) is 0.484. The van der Waals surface area contributed by atoms with Crippen molar-refractivity contribution in [3.63, 3.8) is 0 Å². The second-order valence-electron chi connectivity index (χ2n) is 4.52. The summed E-state index contributed by atoms with van der Waals surface area (Å²) in [5.41, 5.74) is 0.993. The number of H-pyrrole nitrogens is 1. The molecule has 3 aromatic rings. The zero-order valence-electron chi connectivity index (χ0n) is 11.5. The average molecular weight is 412 g/mol. The first-order valence-corrected chi connectivity index (χ1v) is 8.06. The number of hydrogen-bond donors (Lipinski definition) is 1. The fraction of sp³-hybridized carbons (Fsp3) is 0. The van der Waals surface area contributed by atoms with Crippen molar-refractivity contribution in [1.29, 1.82) is 0 Å². The predicted octanol–water partition coefficient (Wildman–Crippen LogP) is 5.04. The first-order chi connectivity index (χ1) is 11.1. The molecule has 1 N–H and O–H groups in total. The minimum Gasteiger partial charge on any atom is -0.250 e. The maximum Gasteiger partial charge on any atom is 0.216 e. The van der Waals surface area contributed by atoms with Crippen LogP contribution in [0.25, 0.3) is 11.4 Å². The molecule has 0 fully saturated rings. The van der Waals surface area contributed by atoms with E-state index in [1.54, 1.807) is 6.07 Å². The third-order valence-electron chi connectivity index (χ3n) is 3.07. The van der Waals surface area contributed by atoms with Crippen LogP contribution in [0.1, 0.15) is 5.56 Å². The van der Waals surface area contributed by atoms with Gasteiger partial charge in [-0.05, 0) is 36.5 Å². The lowest BCUT2D eigenvalue weighted by molar-refractivity contribution is 0.625. The van der Waals surface area contributed by atoms with Crippen LogP contribution in [0, 0.1) is 10.6 Å². The monoisotopic (exact) mass is 410 g/mol. The zero-order chi connectivity index (χ0) is 16.4. The van der Waals surface area contributed by atoms with Gasteiger partial charge < -0.3 is 0 Å². The highest BCUT2D eigenvalue weighted by Crippen LogP contribution is 2.26. The average Bonchev–Trinajstić information content (AvgIpc) is 2.88. The van der Waals surface area contributed by atoms with E-state index in [0.717, 1.165) is 10.0 Å². The predicted molar refractivity (Wildman–Crippen MR) is 94.9 cm³/mol. The van der Waals surface area contributed by atoms with Crippen LogP contribution >= 0.6 is 39.7 Å². The van der Waals surface area contributed by atoms with E-state index in [0.29, 0.717) is 10.6 Å². The lowest BCUT2D eigenvalue weighted by Crippen LogP contribution is -1.97. The van der Waals surface area contributed by atoms with Gasteiger partial charge in [0, 0.05) is 15.6 Å². The molecule has 0 aliphatic rings. The van der Waals surface area contributed by atoms with Gasteiger partial charge in [0.25, 0.3) is 0 Å². The molecule has 116 valence electrons. The molecule has 0 aliphatic heterocycles. The van der Waals surface area contributed by atoms with Crippen molar-refractivity contribution in [3.8, 4) is 11.4 Å². The summed E-state index contributed by atoms with van der Waals surface area (Å²) in [4.78, 5) is 0. The highest BCUT2D eigenvalue weighted by Gasteiger charge is 2.11. The number of aromatic amines is 1. The van der Waals surface area contributed by atoms with Crippen LogP contribution in [0.3, 0.4) is 0 Å². The van der Waals surface area contributed by atoms with Gasteiger partial charge in [0.15, 0.2) is 5.82 Å². The fourth-order valence-electron chi connectivity index (χ4n) is 1.97. The van der Waals surface area contributed by atoms with Crippen LogP contribution in [0.2, 0.25) is 5.02 Å². The third-order valence-corrected chi connectivity index (χ3v) is 4.35. The van der Waals surface area contributed by atoms with Crippen LogP contribution < -0.4 is 0 Å². The number of aromatic nitrogens is 3. The van der Waals surface area contributed by atoms with E-state index in [9.17, 15) is 4.39 Å². The van der Waals surface area contributed by atoms with E-state index in [2.05, 4.69) is 31.2 Å². The van der Waals surface area contributed by atoms with Crippen LogP contribution in [0.5, 0.6) is 0 Å². The van der Waals surface area contributed by atoms with E-state index >= 15 is 0 Å². The molecule has 0 unspecified atom stereocenters. The van der Waals surface area contributed by atoms with Crippen molar-refractivity contribution in [2.24, 2.45) is 5.10 Å². The summed E-state index contributed by atoms with van der Waals surface area (Å²) in [6, 6.07) is 12.0. The molecule has 1 aromatic heterocycles. The summed E-state index contributed by atoms with van der Waals surface area (Å²) >= 11 is 14.6. The molecule has 0 bridgehead atoms. The minimum absolute atomic E-state index is 0.190. The molecule has 0 amide bonds. The van der Waals surface area contributed by atoms with E-state index in [-0.39, 0.29) is 10.6 Å². The van der Waals surface area contributed by atoms with E-state index in [4.69, 9.17) is 23.8 Å². The Morgan fingerprint density at radius 2 is 2.04 bits per heavy atom. The number of halogens is 3. The third kappa shape index (κ3) is 3.26. The normalized spacial score (nSPS) is 11.3. The summed E-state index contributed by atoms with van der Waals surface area (Å²) in [5, 5.41) is 11.4. The Labute approximate surface area is 149 Å². The number of benzene rings is 2. The second-order valence-corrected chi connectivity index (χ2v) is 6.17. The van der Waals surface area contributed by atoms with E-state index < -0.39 is 5.82 Å². The van der Waals surface area contributed by atoms with Gasteiger partial charge in [-0.3, -0.25) is 0 Å². The maximum atomic E-state index is 13.8. The van der Waals surface area contributed by atoms with Crippen LogP contribution in [0.4, 0.5) is 4.39 Å². The van der Waals surface area contributed by atoms with Gasteiger partial charge in [-0.1, -0.05) is 45.7 Å². The summed E-state index contributed by atoms with van der Waals surface area (Å²) in [6.45, 7) is 0. The number of nitrogens with zero attached hydrogens (tertiary/aromatic N) is 3. The Hall–Kier alpha value is -1.83. The van der Waals surface area contributed by atoms with Gasteiger partial charge in [-0.15, -0.1) is 0 Å². The summed E-state index contributed by atoms with van der Waals surface area (Å²) in [6.07, 6.45) is 1.32. The van der Waals surface area contributed by atoms with Crippen LogP contribution in [-0.4, -0.2) is 21.1 Å². The Morgan fingerprint density at radius 1 is 1.26 bits per heavy atom. The second kappa shape index (κ2) is 6.74. The molecule has 0 spiro atoms. The van der Waals surface area contributed by atoms with Crippen molar-refractivity contribution < 1.29 is 4.39 Å². The summed E-state index contributed by atoms with van der Waals surface area (Å²) in [5.74, 6) is 0.0462. The van der Waals surface area contributed by atoms with Crippen molar-refractivity contribution in [3.05, 3.63) is 68.1 Å². The first kappa shape index (κ1) is 16.0. The fourth-order valence-corrected chi connectivity index (χ4v) is 2.82. The van der Waals surface area contributed by atoms with Gasteiger partial charge in [0.1, 0.15) is 5.82 Å². The molecular formula is C15H9BrClFN4S. The van der Waals surface area contributed by atoms with Gasteiger partial charge >= 0.3 is 0 Å². The largest absolute Gasteiger partial charge is 0.250 e. The molecule has 0 radical (unpaired) electrons. The van der Waals surface area contributed by atoms with Gasteiger partial charge in [0.05, 0.1) is 11.2 Å². The molecule has 0 saturated heterocycles. The molecule has 0 aliphatic carbocycles. The Morgan fingerprint density at radius 3 is 2.78 bits per heavy atom. The van der Waals surface area contributed by atoms with Crippen molar-refractivity contribution in [2.45, 2.75) is 0 Å². The Kier molecular flexibility index (Phi) is 4.70. The molecule has 3 rings (SSSR count). The topological polar surface area (TPSA) is 46.0 Å². The van der Waals surface area contributed by atoms with E-state index in [1.807, 2.05) is 24.3 Å². The number of hydrogen-bond acceptors (Lipinski definition) is 3. The number of nitrogens with one attached hydrogen (secondary N) is 1. The van der Waals surface area contributed by atoms with Gasteiger partial charge in [-0.2, -0.15) is 14.9 Å². The Balaban J connectivity index is 2.09. The molecule has 8 heteroatoms. The highest BCUT2D eigenvalue weighted by molar-refractivity contribution is 9.10. The molecule has 1 heterocycles. The molecule has 0 atom stereocenters. The van der Waals surface area contributed by atoms with Crippen LogP contribution in [0.15, 0.2) is 52.0 Å². The molecule has 23 heavy (non-hydrogen) atoms. The molecular weight excluding hydrogens is 403 g/mol. The van der Waals surface area contributed by atoms with Gasteiger partial charge in [0.2, 0.25) is 4.77 Å². The SMILES string of the molecule is Fc1cccc(Cl)c1C=Nn1c(-c2ccccc2Br)n[nH]c1=S. The summed E-state index contributed by atoms with van der Waals surface area (Å²) in [7, 11) is 0. The maximum absolute atomic E-state index is 13.8. The molecule has 2 aromatic carbocycles.